The molecule has 8 heteroatoms. The van der Waals surface area contributed by atoms with Gasteiger partial charge in [-0.2, -0.15) is 0 Å². The maximum Gasteiger partial charge on any atom is 0.255 e. The predicted molar refractivity (Wildman–Crippen MR) is 48.5 cm³/mol. The Hall–Kier alpha value is -1.63. The molecule has 0 saturated carbocycles. The van der Waals surface area contributed by atoms with Gasteiger partial charge in [-0.15, -0.1) is 0 Å². The van der Waals surface area contributed by atoms with Crippen LogP contribution in [0.4, 0.5) is 0 Å². The number of hydrogen-bond donors (Lipinski definition) is 1. The van der Waals surface area contributed by atoms with Gasteiger partial charge in [-0.05, 0) is 17.7 Å². The molecule has 1 aromatic rings. The van der Waals surface area contributed by atoms with Crippen LogP contribution in [0.3, 0.4) is 0 Å². The second-order valence-corrected chi connectivity index (χ2v) is 3.91. The molecule has 1 heterocycles. The molecule has 1 rings (SSSR count). The van der Waals surface area contributed by atoms with E-state index >= 15 is 0 Å². The smallest absolute Gasteiger partial charge is 0.240 e. The molecule has 0 aliphatic heterocycles. The summed E-state index contributed by atoms with van der Waals surface area (Å²) < 4.78 is 21.7. The van der Waals surface area contributed by atoms with Gasteiger partial charge in [0.1, 0.15) is 0 Å². The Labute approximate surface area is 80.3 Å². The fourth-order valence-electron chi connectivity index (χ4n) is 0.808. The Morgan fingerprint density at radius 3 is 2.86 bits per heavy atom. The van der Waals surface area contributed by atoms with Gasteiger partial charge in [0, 0.05) is 10.6 Å². The molecule has 0 aromatic carbocycles. The van der Waals surface area contributed by atoms with Crippen molar-refractivity contribution in [2.24, 2.45) is 10.3 Å². The van der Waals surface area contributed by atoms with Crippen LogP contribution >= 0.6 is 0 Å². The number of primary sulfonamides is 1. The maximum absolute atomic E-state index is 10.9. The number of azide groups is 1. The summed E-state index contributed by atoms with van der Waals surface area (Å²) >= 11 is 0. The molecule has 0 unspecified atom stereocenters. The molecule has 0 amide bonds. The first-order valence-electron chi connectivity index (χ1n) is 3.53. The Balaban J connectivity index is 3.07. The largest absolute Gasteiger partial charge is 0.255 e. The van der Waals surface area contributed by atoms with E-state index in [1.165, 1.54) is 12.1 Å². The molecule has 0 aliphatic carbocycles. The molecule has 0 bridgehead atoms. The fraction of sp³-hybridized carbons (Fsp3) is 0.167. The Morgan fingerprint density at radius 1 is 1.57 bits per heavy atom. The van der Waals surface area contributed by atoms with Gasteiger partial charge in [-0.25, -0.2) is 18.5 Å². The van der Waals surface area contributed by atoms with Gasteiger partial charge in [0.25, 0.3) is 10.0 Å². The van der Waals surface area contributed by atoms with Gasteiger partial charge in [0.15, 0.2) is 5.03 Å². The summed E-state index contributed by atoms with van der Waals surface area (Å²) in [6.07, 6.45) is 0. The SMILES string of the molecule is [N-]=[N+]=NCc1cccc(S(N)(=O)=O)n1. The van der Waals surface area contributed by atoms with Crippen molar-refractivity contribution in [1.82, 2.24) is 4.98 Å². The third kappa shape index (κ3) is 2.70. The van der Waals surface area contributed by atoms with Crippen LogP contribution in [0.25, 0.3) is 10.4 Å². The number of hydrogen-bond acceptors (Lipinski definition) is 4. The standard InChI is InChI=1S/C6H7N5O2S/c7-11-9-4-5-2-1-3-6(10-5)14(8,12)13/h1-3H,4H2,(H2,8,12,13). The molecule has 0 saturated heterocycles. The lowest BCUT2D eigenvalue weighted by Gasteiger charge is -1.98. The number of nitrogens with zero attached hydrogens (tertiary/aromatic N) is 4. The maximum atomic E-state index is 10.9. The van der Waals surface area contributed by atoms with Crippen molar-refractivity contribution in [3.63, 3.8) is 0 Å². The van der Waals surface area contributed by atoms with Gasteiger partial charge in [-0.1, -0.05) is 11.2 Å². The highest BCUT2D eigenvalue weighted by atomic mass is 32.2. The molecule has 0 aliphatic rings. The summed E-state index contributed by atoms with van der Waals surface area (Å²) in [5.74, 6) is 0. The number of rotatable bonds is 3. The third-order valence-electron chi connectivity index (χ3n) is 1.37. The molecular weight excluding hydrogens is 206 g/mol. The van der Waals surface area contributed by atoms with Crippen molar-refractivity contribution in [3.8, 4) is 0 Å². The summed E-state index contributed by atoms with van der Waals surface area (Å²) in [7, 11) is -3.80. The second kappa shape index (κ2) is 4.05. The number of sulfonamides is 1. The first-order chi connectivity index (χ1) is 6.54. The topological polar surface area (TPSA) is 122 Å². The Morgan fingerprint density at radius 2 is 2.29 bits per heavy atom. The van der Waals surface area contributed by atoms with Crippen LogP contribution in [0, 0.1) is 0 Å². The fourth-order valence-corrected chi connectivity index (χ4v) is 1.32. The second-order valence-electron chi connectivity index (χ2n) is 2.40. The number of aromatic nitrogens is 1. The minimum absolute atomic E-state index is 0.000139. The van der Waals surface area contributed by atoms with E-state index in [4.69, 9.17) is 10.7 Å². The van der Waals surface area contributed by atoms with Crippen LogP contribution in [0.5, 0.6) is 0 Å². The minimum Gasteiger partial charge on any atom is -0.240 e. The first-order valence-corrected chi connectivity index (χ1v) is 5.08. The van der Waals surface area contributed by atoms with E-state index in [1.807, 2.05) is 0 Å². The van der Waals surface area contributed by atoms with Crippen molar-refractivity contribution in [2.75, 3.05) is 0 Å². The summed E-state index contributed by atoms with van der Waals surface area (Å²) in [6.45, 7) is -0.000139. The van der Waals surface area contributed by atoms with Gasteiger partial charge >= 0.3 is 0 Å². The lowest BCUT2D eigenvalue weighted by atomic mass is 10.4. The lowest BCUT2D eigenvalue weighted by molar-refractivity contribution is 0.593. The lowest BCUT2D eigenvalue weighted by Crippen LogP contribution is -2.14. The molecule has 0 fully saturated rings. The predicted octanol–water partition coefficient (Wildman–Crippen LogP) is 0.539. The van der Waals surface area contributed by atoms with Crippen molar-refractivity contribution in [1.29, 1.82) is 0 Å². The molecule has 7 nitrogen and oxygen atoms in total. The van der Waals surface area contributed by atoms with Gasteiger partial charge < -0.3 is 0 Å². The van der Waals surface area contributed by atoms with Gasteiger partial charge in [-0.3, -0.25) is 0 Å². The molecule has 14 heavy (non-hydrogen) atoms. The third-order valence-corrected chi connectivity index (χ3v) is 2.18. The summed E-state index contributed by atoms with van der Waals surface area (Å²) in [6, 6.07) is 4.30. The van der Waals surface area contributed by atoms with Crippen LogP contribution in [0.2, 0.25) is 0 Å². The van der Waals surface area contributed by atoms with Crippen LogP contribution in [-0.2, 0) is 16.6 Å². The molecule has 0 atom stereocenters. The van der Waals surface area contributed by atoms with Crippen LogP contribution < -0.4 is 5.14 Å². The van der Waals surface area contributed by atoms with E-state index in [-0.39, 0.29) is 11.6 Å². The molecular formula is C6H7N5O2S. The van der Waals surface area contributed by atoms with E-state index in [1.54, 1.807) is 6.07 Å². The minimum atomic E-state index is -3.80. The quantitative estimate of drug-likeness (QED) is 0.447. The molecule has 0 spiro atoms. The van der Waals surface area contributed by atoms with Crippen molar-refractivity contribution >= 4 is 10.0 Å². The highest BCUT2D eigenvalue weighted by Gasteiger charge is 2.08. The van der Waals surface area contributed by atoms with E-state index in [0.717, 1.165) is 0 Å². The van der Waals surface area contributed by atoms with Gasteiger partial charge in [0.2, 0.25) is 0 Å². The summed E-state index contributed by atoms with van der Waals surface area (Å²) in [4.78, 5) is 6.23. The van der Waals surface area contributed by atoms with Crippen molar-refractivity contribution < 1.29 is 8.42 Å². The van der Waals surface area contributed by atoms with E-state index in [2.05, 4.69) is 15.0 Å². The van der Waals surface area contributed by atoms with Gasteiger partial charge in [0.05, 0.1) is 6.54 Å². The summed E-state index contributed by atoms with van der Waals surface area (Å²) in [5, 5.41) is 7.88. The zero-order valence-electron chi connectivity index (χ0n) is 7.03. The molecule has 0 radical (unpaired) electrons. The highest BCUT2D eigenvalue weighted by molar-refractivity contribution is 7.89. The van der Waals surface area contributed by atoms with E-state index in [9.17, 15) is 8.42 Å². The Kier molecular flexibility index (Phi) is 3.03. The van der Waals surface area contributed by atoms with E-state index < -0.39 is 10.0 Å². The normalized spacial score (nSPS) is 10.6. The highest BCUT2D eigenvalue weighted by Crippen LogP contribution is 2.05. The zero-order valence-corrected chi connectivity index (χ0v) is 7.85. The average molecular weight is 213 g/mol. The monoisotopic (exact) mass is 213 g/mol. The van der Waals surface area contributed by atoms with E-state index in [0.29, 0.717) is 5.69 Å². The number of pyridine rings is 1. The van der Waals surface area contributed by atoms with Crippen LogP contribution in [0.15, 0.2) is 28.3 Å². The first kappa shape index (κ1) is 10.5. The van der Waals surface area contributed by atoms with Crippen molar-refractivity contribution in [2.45, 2.75) is 11.6 Å². The Bertz CT molecular complexity index is 477. The van der Waals surface area contributed by atoms with Crippen molar-refractivity contribution in [3.05, 3.63) is 34.3 Å². The van der Waals surface area contributed by atoms with Crippen LogP contribution in [0.1, 0.15) is 5.69 Å². The molecule has 2 N–H and O–H groups in total. The summed E-state index contributed by atoms with van der Waals surface area (Å²) in [5.41, 5.74) is 8.40. The molecule has 1 aromatic heterocycles. The number of nitrogens with two attached hydrogens (primary N) is 1. The average Bonchev–Trinajstić information content (AvgIpc) is 2.14. The zero-order chi connectivity index (χ0) is 10.6. The van der Waals surface area contributed by atoms with Crippen LogP contribution in [-0.4, -0.2) is 13.4 Å². The molecule has 74 valence electrons.